The Labute approximate surface area is 136 Å². The zero-order valence-electron chi connectivity index (χ0n) is 13.8. The predicted molar refractivity (Wildman–Crippen MR) is 84.5 cm³/mol. The monoisotopic (exact) mass is 321 g/mol. The Hall–Kier alpha value is -2.24. The molecular formula is C17H23NO5. The second-order valence-electron chi connectivity index (χ2n) is 5.72. The minimum Gasteiger partial charge on any atom is -0.493 e. The predicted octanol–water partition coefficient (Wildman–Crippen LogP) is 1.56. The number of carbonyl (C=O) groups is 2. The van der Waals surface area contributed by atoms with Gasteiger partial charge in [0.2, 0.25) is 0 Å². The maximum Gasteiger partial charge on any atom is 0.309 e. The summed E-state index contributed by atoms with van der Waals surface area (Å²) in [6.07, 6.45) is 1.51. The van der Waals surface area contributed by atoms with Crippen molar-refractivity contribution in [2.75, 3.05) is 27.4 Å². The summed E-state index contributed by atoms with van der Waals surface area (Å²) in [6, 6.07) is 5.62. The summed E-state index contributed by atoms with van der Waals surface area (Å²) in [4.78, 5) is 23.2. The standard InChI is InChI=1S/C17H23NO5/c1-11-8-13(11)17(20)23-10-16(19)18-7-6-12-4-5-14(21-2)15(9-12)22-3/h4-5,9,11,13H,6-8,10H2,1-3H3,(H,18,19)/t11-,13+/m0/s1. The summed E-state index contributed by atoms with van der Waals surface area (Å²) in [6.45, 7) is 2.24. The summed E-state index contributed by atoms with van der Waals surface area (Å²) in [7, 11) is 3.17. The van der Waals surface area contributed by atoms with Crippen molar-refractivity contribution in [1.82, 2.24) is 5.32 Å². The molecule has 0 heterocycles. The molecule has 0 spiro atoms. The number of hydrogen-bond acceptors (Lipinski definition) is 5. The number of amides is 1. The first-order valence-corrected chi connectivity index (χ1v) is 7.69. The van der Waals surface area contributed by atoms with Crippen LogP contribution in [0.15, 0.2) is 18.2 Å². The molecule has 1 aliphatic carbocycles. The van der Waals surface area contributed by atoms with Gasteiger partial charge in [0.1, 0.15) is 0 Å². The van der Waals surface area contributed by atoms with E-state index in [-0.39, 0.29) is 24.4 Å². The number of carbonyl (C=O) groups excluding carboxylic acids is 2. The van der Waals surface area contributed by atoms with Gasteiger partial charge in [0.05, 0.1) is 20.1 Å². The maximum absolute atomic E-state index is 11.7. The van der Waals surface area contributed by atoms with Gasteiger partial charge in [-0.15, -0.1) is 0 Å². The van der Waals surface area contributed by atoms with E-state index in [1.54, 1.807) is 14.2 Å². The molecule has 6 nitrogen and oxygen atoms in total. The molecule has 0 radical (unpaired) electrons. The van der Waals surface area contributed by atoms with Crippen LogP contribution in [0.25, 0.3) is 0 Å². The molecule has 1 amide bonds. The van der Waals surface area contributed by atoms with Crippen molar-refractivity contribution < 1.29 is 23.8 Å². The zero-order valence-corrected chi connectivity index (χ0v) is 13.8. The lowest BCUT2D eigenvalue weighted by Gasteiger charge is -2.10. The highest BCUT2D eigenvalue weighted by Gasteiger charge is 2.40. The van der Waals surface area contributed by atoms with E-state index in [1.165, 1.54) is 0 Å². The van der Waals surface area contributed by atoms with E-state index in [0.29, 0.717) is 30.4 Å². The Morgan fingerprint density at radius 3 is 2.52 bits per heavy atom. The van der Waals surface area contributed by atoms with E-state index in [1.807, 2.05) is 25.1 Å². The molecule has 0 aliphatic heterocycles. The second kappa shape index (κ2) is 7.85. The van der Waals surface area contributed by atoms with Crippen molar-refractivity contribution in [2.45, 2.75) is 19.8 Å². The van der Waals surface area contributed by atoms with Crippen LogP contribution in [0, 0.1) is 11.8 Å². The molecule has 1 aromatic rings. The van der Waals surface area contributed by atoms with Crippen LogP contribution < -0.4 is 14.8 Å². The van der Waals surface area contributed by atoms with Gasteiger partial charge in [0, 0.05) is 6.54 Å². The summed E-state index contributed by atoms with van der Waals surface area (Å²) >= 11 is 0. The molecule has 1 aromatic carbocycles. The van der Waals surface area contributed by atoms with E-state index in [9.17, 15) is 9.59 Å². The fourth-order valence-electron chi connectivity index (χ4n) is 2.33. The number of esters is 1. The van der Waals surface area contributed by atoms with Crippen LogP contribution in [-0.4, -0.2) is 39.2 Å². The Balaban J connectivity index is 1.69. The highest BCUT2D eigenvalue weighted by Crippen LogP contribution is 2.38. The van der Waals surface area contributed by atoms with E-state index in [0.717, 1.165) is 12.0 Å². The molecular weight excluding hydrogens is 298 g/mol. The smallest absolute Gasteiger partial charge is 0.309 e. The van der Waals surface area contributed by atoms with Gasteiger partial charge in [-0.3, -0.25) is 9.59 Å². The van der Waals surface area contributed by atoms with E-state index in [2.05, 4.69) is 5.32 Å². The maximum atomic E-state index is 11.7. The van der Waals surface area contributed by atoms with Crippen molar-refractivity contribution in [3.63, 3.8) is 0 Å². The summed E-state index contributed by atoms with van der Waals surface area (Å²) in [5.74, 6) is 1.13. The van der Waals surface area contributed by atoms with Gasteiger partial charge in [-0.25, -0.2) is 0 Å². The number of nitrogens with one attached hydrogen (secondary N) is 1. The number of rotatable bonds is 8. The Kier molecular flexibility index (Phi) is 5.84. The average molecular weight is 321 g/mol. The Morgan fingerprint density at radius 1 is 1.22 bits per heavy atom. The third-order valence-corrected chi connectivity index (χ3v) is 3.94. The Morgan fingerprint density at radius 2 is 1.91 bits per heavy atom. The molecule has 0 aromatic heterocycles. The quantitative estimate of drug-likeness (QED) is 0.736. The van der Waals surface area contributed by atoms with Gasteiger partial charge in [0.25, 0.3) is 5.91 Å². The molecule has 6 heteroatoms. The topological polar surface area (TPSA) is 73.9 Å². The van der Waals surface area contributed by atoms with Crippen LogP contribution in [0.1, 0.15) is 18.9 Å². The first kappa shape index (κ1) is 17.1. The number of hydrogen-bond donors (Lipinski definition) is 1. The molecule has 23 heavy (non-hydrogen) atoms. The number of methoxy groups -OCH3 is 2. The summed E-state index contributed by atoms with van der Waals surface area (Å²) < 4.78 is 15.4. The zero-order chi connectivity index (χ0) is 16.8. The second-order valence-corrected chi connectivity index (χ2v) is 5.72. The van der Waals surface area contributed by atoms with Crippen molar-refractivity contribution in [3.8, 4) is 11.5 Å². The van der Waals surface area contributed by atoms with Gasteiger partial charge in [-0.05, 0) is 36.5 Å². The molecule has 2 atom stereocenters. The lowest BCUT2D eigenvalue weighted by atomic mass is 10.1. The van der Waals surface area contributed by atoms with Crippen molar-refractivity contribution in [3.05, 3.63) is 23.8 Å². The summed E-state index contributed by atoms with van der Waals surface area (Å²) in [5.41, 5.74) is 1.02. The minimum absolute atomic E-state index is 0.0189. The van der Waals surface area contributed by atoms with Crippen LogP contribution in [0.2, 0.25) is 0 Å². The largest absolute Gasteiger partial charge is 0.493 e. The van der Waals surface area contributed by atoms with Crippen molar-refractivity contribution in [2.24, 2.45) is 11.8 Å². The lowest BCUT2D eigenvalue weighted by molar-refractivity contribution is -0.150. The van der Waals surface area contributed by atoms with Crippen LogP contribution in [0.5, 0.6) is 11.5 Å². The van der Waals surface area contributed by atoms with Gasteiger partial charge in [0.15, 0.2) is 18.1 Å². The SMILES string of the molecule is COc1ccc(CCNC(=O)COC(=O)[C@@H]2C[C@@H]2C)cc1OC. The highest BCUT2D eigenvalue weighted by atomic mass is 16.5. The van der Waals surface area contributed by atoms with Gasteiger partial charge >= 0.3 is 5.97 Å². The van der Waals surface area contributed by atoms with Crippen molar-refractivity contribution in [1.29, 1.82) is 0 Å². The molecule has 1 saturated carbocycles. The molecule has 0 unspecified atom stereocenters. The van der Waals surface area contributed by atoms with Gasteiger partial charge < -0.3 is 19.5 Å². The molecule has 1 N–H and O–H groups in total. The molecule has 126 valence electrons. The molecule has 0 saturated heterocycles. The van der Waals surface area contributed by atoms with E-state index >= 15 is 0 Å². The van der Waals surface area contributed by atoms with Crippen LogP contribution >= 0.6 is 0 Å². The van der Waals surface area contributed by atoms with Crippen molar-refractivity contribution >= 4 is 11.9 Å². The van der Waals surface area contributed by atoms with Crippen LogP contribution in [-0.2, 0) is 20.7 Å². The molecule has 2 rings (SSSR count). The summed E-state index contributed by atoms with van der Waals surface area (Å²) in [5, 5.41) is 2.73. The van der Waals surface area contributed by atoms with Gasteiger partial charge in [-0.1, -0.05) is 13.0 Å². The average Bonchev–Trinajstić information content (AvgIpc) is 3.29. The molecule has 0 bridgehead atoms. The highest BCUT2D eigenvalue weighted by molar-refractivity contribution is 5.82. The van der Waals surface area contributed by atoms with Gasteiger partial charge in [-0.2, -0.15) is 0 Å². The van der Waals surface area contributed by atoms with Crippen LogP contribution in [0.4, 0.5) is 0 Å². The minimum atomic E-state index is -0.285. The number of ether oxygens (including phenoxy) is 3. The lowest BCUT2D eigenvalue weighted by Crippen LogP contribution is -2.30. The normalized spacial score (nSPS) is 18.9. The fraction of sp³-hybridized carbons (Fsp3) is 0.529. The fourth-order valence-corrected chi connectivity index (χ4v) is 2.33. The molecule has 1 aliphatic rings. The third kappa shape index (κ3) is 4.87. The Bertz CT molecular complexity index is 572. The number of benzene rings is 1. The van der Waals surface area contributed by atoms with E-state index < -0.39 is 0 Å². The molecule has 1 fully saturated rings. The third-order valence-electron chi connectivity index (χ3n) is 3.94. The first-order chi connectivity index (χ1) is 11.0. The first-order valence-electron chi connectivity index (χ1n) is 7.69. The van der Waals surface area contributed by atoms with Crippen LogP contribution in [0.3, 0.4) is 0 Å². The van der Waals surface area contributed by atoms with E-state index in [4.69, 9.17) is 14.2 Å².